The summed E-state index contributed by atoms with van der Waals surface area (Å²) in [5.41, 5.74) is 1.38. The Bertz CT molecular complexity index is 628. The Morgan fingerprint density at radius 2 is 1.03 bits per heavy atom. The van der Waals surface area contributed by atoms with E-state index in [9.17, 15) is 4.79 Å². The van der Waals surface area contributed by atoms with E-state index in [1.165, 1.54) is 115 Å². The highest BCUT2D eigenvalue weighted by molar-refractivity contribution is 5.69. The summed E-state index contributed by atoms with van der Waals surface area (Å²) in [6, 6.07) is 8.42. The number of ether oxygens (including phenoxy) is 3. The Hall–Kier alpha value is -1.55. The SMILES string of the molecule is CCCCCCCCCCCCCCCC(=O)OCCOCCOc1ccc(CCCCCCCC)cc1. The number of carbonyl (C=O) groups is 1. The van der Waals surface area contributed by atoms with Crippen LogP contribution in [0.4, 0.5) is 0 Å². The summed E-state index contributed by atoms with van der Waals surface area (Å²) in [5.74, 6) is 0.776. The van der Waals surface area contributed by atoms with Crippen LogP contribution in [-0.2, 0) is 20.7 Å². The third-order valence-electron chi connectivity index (χ3n) is 7.21. The highest BCUT2D eigenvalue weighted by atomic mass is 16.6. The lowest BCUT2D eigenvalue weighted by atomic mass is 10.0. The predicted octanol–water partition coefficient (Wildman–Crippen LogP) is 10.0. The van der Waals surface area contributed by atoms with Crippen molar-refractivity contribution in [3.8, 4) is 5.75 Å². The third-order valence-corrected chi connectivity index (χ3v) is 7.21. The fraction of sp³-hybridized carbons (Fsp3) is 0.794. The Labute approximate surface area is 235 Å². The summed E-state index contributed by atoms with van der Waals surface area (Å²) in [4.78, 5) is 11.9. The van der Waals surface area contributed by atoms with Crippen LogP contribution in [0, 0.1) is 0 Å². The van der Waals surface area contributed by atoms with Gasteiger partial charge < -0.3 is 14.2 Å². The van der Waals surface area contributed by atoms with Crippen molar-refractivity contribution < 1.29 is 19.0 Å². The second-order valence-electron chi connectivity index (χ2n) is 10.8. The average Bonchev–Trinajstić information content (AvgIpc) is 2.93. The van der Waals surface area contributed by atoms with E-state index in [-0.39, 0.29) is 5.97 Å². The fourth-order valence-electron chi connectivity index (χ4n) is 4.76. The predicted molar refractivity (Wildman–Crippen MR) is 161 cm³/mol. The summed E-state index contributed by atoms with van der Waals surface area (Å²) >= 11 is 0. The van der Waals surface area contributed by atoms with E-state index in [1.54, 1.807) is 0 Å². The molecule has 0 saturated heterocycles. The maximum absolute atomic E-state index is 11.9. The minimum absolute atomic E-state index is 0.103. The van der Waals surface area contributed by atoms with Gasteiger partial charge in [-0.15, -0.1) is 0 Å². The van der Waals surface area contributed by atoms with Gasteiger partial charge >= 0.3 is 5.97 Å². The molecular formula is C34H60O4. The smallest absolute Gasteiger partial charge is 0.305 e. The van der Waals surface area contributed by atoms with Crippen molar-refractivity contribution in [3.63, 3.8) is 0 Å². The molecule has 0 radical (unpaired) electrons. The minimum atomic E-state index is -0.103. The Morgan fingerprint density at radius 3 is 1.58 bits per heavy atom. The first-order valence-corrected chi connectivity index (χ1v) is 16.2. The number of hydrogen-bond acceptors (Lipinski definition) is 4. The quantitative estimate of drug-likeness (QED) is 0.0795. The molecule has 1 aromatic rings. The van der Waals surface area contributed by atoms with Gasteiger partial charge in [0.25, 0.3) is 0 Å². The molecule has 0 spiro atoms. The van der Waals surface area contributed by atoms with Crippen molar-refractivity contribution in [1.29, 1.82) is 0 Å². The first-order valence-electron chi connectivity index (χ1n) is 16.2. The van der Waals surface area contributed by atoms with Crippen LogP contribution in [0.25, 0.3) is 0 Å². The Kier molecular flexibility index (Phi) is 24.5. The number of aryl methyl sites for hydroxylation is 1. The molecule has 4 heteroatoms. The van der Waals surface area contributed by atoms with Crippen molar-refractivity contribution in [3.05, 3.63) is 29.8 Å². The monoisotopic (exact) mass is 532 g/mol. The van der Waals surface area contributed by atoms with Crippen molar-refractivity contribution >= 4 is 5.97 Å². The summed E-state index contributed by atoms with van der Waals surface area (Å²) in [6.45, 7) is 6.28. The molecule has 0 fully saturated rings. The lowest BCUT2D eigenvalue weighted by Gasteiger charge is -2.09. The van der Waals surface area contributed by atoms with E-state index in [0.717, 1.165) is 25.0 Å². The molecule has 0 aliphatic heterocycles. The lowest BCUT2D eigenvalue weighted by Crippen LogP contribution is -2.13. The van der Waals surface area contributed by atoms with Crippen molar-refractivity contribution in [1.82, 2.24) is 0 Å². The molecule has 38 heavy (non-hydrogen) atoms. The van der Waals surface area contributed by atoms with Crippen molar-refractivity contribution in [2.75, 3.05) is 26.4 Å². The molecule has 0 bridgehead atoms. The second-order valence-corrected chi connectivity index (χ2v) is 10.8. The molecule has 1 aromatic carbocycles. The fourth-order valence-corrected chi connectivity index (χ4v) is 4.76. The number of rotatable bonds is 28. The molecule has 0 aliphatic carbocycles. The van der Waals surface area contributed by atoms with Gasteiger partial charge in [-0.2, -0.15) is 0 Å². The van der Waals surface area contributed by atoms with Gasteiger partial charge in [-0.25, -0.2) is 0 Å². The van der Waals surface area contributed by atoms with Gasteiger partial charge in [-0.3, -0.25) is 4.79 Å². The highest BCUT2D eigenvalue weighted by Crippen LogP contribution is 2.16. The minimum Gasteiger partial charge on any atom is -0.491 e. The normalized spacial score (nSPS) is 11.1. The number of carbonyl (C=O) groups excluding carboxylic acids is 1. The van der Waals surface area contributed by atoms with Crippen LogP contribution in [0.3, 0.4) is 0 Å². The molecule has 4 nitrogen and oxygen atoms in total. The molecular weight excluding hydrogens is 472 g/mol. The van der Waals surface area contributed by atoms with Gasteiger partial charge in [0.1, 0.15) is 19.0 Å². The standard InChI is InChI=1S/C34H60O4/c1-3-5-7-9-11-12-13-14-15-16-17-19-21-23-34(35)38-31-29-36-28-30-37-33-26-24-32(25-27-33)22-20-18-10-8-6-4-2/h24-27H,3-23,28-31H2,1-2H3. The first-order chi connectivity index (χ1) is 18.8. The van der Waals surface area contributed by atoms with Gasteiger partial charge in [-0.05, 0) is 37.0 Å². The van der Waals surface area contributed by atoms with Crippen LogP contribution in [0.15, 0.2) is 24.3 Å². The van der Waals surface area contributed by atoms with E-state index >= 15 is 0 Å². The largest absolute Gasteiger partial charge is 0.491 e. The molecule has 220 valence electrons. The Morgan fingerprint density at radius 1 is 0.553 bits per heavy atom. The average molecular weight is 533 g/mol. The van der Waals surface area contributed by atoms with Crippen LogP contribution in [0.1, 0.15) is 148 Å². The van der Waals surface area contributed by atoms with Crippen molar-refractivity contribution in [2.45, 2.75) is 149 Å². The maximum Gasteiger partial charge on any atom is 0.305 e. The van der Waals surface area contributed by atoms with Gasteiger partial charge in [0.2, 0.25) is 0 Å². The topological polar surface area (TPSA) is 44.8 Å². The van der Waals surface area contributed by atoms with Crippen LogP contribution in [0.5, 0.6) is 5.75 Å². The van der Waals surface area contributed by atoms with Crippen LogP contribution >= 0.6 is 0 Å². The summed E-state index contributed by atoms with van der Waals surface area (Å²) < 4.78 is 16.6. The zero-order valence-corrected chi connectivity index (χ0v) is 25.1. The van der Waals surface area contributed by atoms with E-state index in [1.807, 2.05) is 12.1 Å². The van der Waals surface area contributed by atoms with Crippen molar-refractivity contribution in [2.24, 2.45) is 0 Å². The summed E-state index contributed by atoms with van der Waals surface area (Å²) in [5, 5.41) is 0. The first kappa shape index (κ1) is 34.5. The second kappa shape index (κ2) is 27.0. The number of unbranched alkanes of at least 4 members (excludes halogenated alkanes) is 17. The molecule has 0 aliphatic rings. The molecule has 0 N–H and O–H groups in total. The van der Waals surface area contributed by atoms with E-state index in [4.69, 9.17) is 14.2 Å². The zero-order chi connectivity index (χ0) is 27.4. The van der Waals surface area contributed by atoms with Crippen LogP contribution in [0.2, 0.25) is 0 Å². The highest BCUT2D eigenvalue weighted by Gasteiger charge is 2.03. The maximum atomic E-state index is 11.9. The van der Waals surface area contributed by atoms with Gasteiger partial charge in [0, 0.05) is 6.42 Å². The molecule has 0 atom stereocenters. The molecule has 1 rings (SSSR count). The van der Waals surface area contributed by atoms with Gasteiger partial charge in [-0.1, -0.05) is 135 Å². The molecule has 0 amide bonds. The van der Waals surface area contributed by atoms with Gasteiger partial charge in [0.15, 0.2) is 0 Å². The van der Waals surface area contributed by atoms with Crippen LogP contribution in [-0.4, -0.2) is 32.4 Å². The van der Waals surface area contributed by atoms with E-state index in [0.29, 0.717) is 32.8 Å². The van der Waals surface area contributed by atoms with E-state index < -0.39 is 0 Å². The zero-order valence-electron chi connectivity index (χ0n) is 25.1. The summed E-state index contributed by atoms with van der Waals surface area (Å²) in [7, 11) is 0. The van der Waals surface area contributed by atoms with Gasteiger partial charge in [0.05, 0.1) is 13.2 Å². The molecule has 0 heterocycles. The number of benzene rings is 1. The van der Waals surface area contributed by atoms with E-state index in [2.05, 4.69) is 26.0 Å². The molecule has 0 unspecified atom stereocenters. The number of hydrogen-bond donors (Lipinski definition) is 0. The number of esters is 1. The third kappa shape index (κ3) is 22.4. The molecule has 0 saturated carbocycles. The summed E-state index contributed by atoms with van der Waals surface area (Å²) in [6.07, 6.45) is 26.7. The van der Waals surface area contributed by atoms with Crippen LogP contribution < -0.4 is 4.74 Å². The Balaban J connectivity index is 1.84. The molecule has 0 aromatic heterocycles. The lowest BCUT2D eigenvalue weighted by molar-refractivity contribution is -0.145.